The number of benzene rings is 1. The van der Waals surface area contributed by atoms with Crippen molar-refractivity contribution in [2.75, 3.05) is 14.2 Å². The first-order chi connectivity index (χ1) is 9.65. The highest BCUT2D eigenvalue weighted by Crippen LogP contribution is 2.37. The van der Waals surface area contributed by atoms with Crippen molar-refractivity contribution in [3.63, 3.8) is 0 Å². The summed E-state index contributed by atoms with van der Waals surface area (Å²) in [6.45, 7) is 0.236. The molecular weight excluding hydrogens is 301 g/mol. The quantitative estimate of drug-likeness (QED) is 0.783. The van der Waals surface area contributed by atoms with E-state index in [-0.39, 0.29) is 6.61 Å². The first-order valence-corrected chi connectivity index (χ1v) is 6.56. The molecule has 0 saturated heterocycles. The maximum atomic E-state index is 6.01. The molecule has 0 bridgehead atoms. The fraction of sp³-hybridized carbons (Fsp3) is 0.214. The van der Waals surface area contributed by atoms with Crippen molar-refractivity contribution >= 4 is 23.2 Å². The van der Waals surface area contributed by atoms with Crippen molar-refractivity contribution in [2.45, 2.75) is 6.61 Å². The Kier molecular flexibility index (Phi) is 4.93. The summed E-state index contributed by atoms with van der Waals surface area (Å²) in [6.07, 6.45) is 0. The van der Waals surface area contributed by atoms with Crippen LogP contribution in [-0.2, 0) is 6.61 Å². The molecule has 1 heterocycles. The van der Waals surface area contributed by atoms with Crippen molar-refractivity contribution < 1.29 is 14.2 Å². The summed E-state index contributed by atoms with van der Waals surface area (Å²) in [5.41, 5.74) is 0.726. The number of halogens is 2. The van der Waals surface area contributed by atoms with Crippen molar-refractivity contribution in [3.05, 3.63) is 46.2 Å². The van der Waals surface area contributed by atoms with Crippen LogP contribution in [0.3, 0.4) is 0 Å². The van der Waals surface area contributed by atoms with Crippen LogP contribution < -0.4 is 14.2 Å². The highest BCUT2D eigenvalue weighted by molar-refractivity contribution is 6.32. The van der Waals surface area contributed by atoms with E-state index in [4.69, 9.17) is 37.4 Å². The van der Waals surface area contributed by atoms with E-state index >= 15 is 0 Å². The van der Waals surface area contributed by atoms with E-state index in [0.29, 0.717) is 27.6 Å². The van der Waals surface area contributed by atoms with Crippen LogP contribution in [0, 0.1) is 0 Å². The van der Waals surface area contributed by atoms with Gasteiger partial charge in [0.05, 0.1) is 14.2 Å². The average molecular weight is 314 g/mol. The van der Waals surface area contributed by atoms with Gasteiger partial charge in [-0.05, 0) is 24.3 Å². The Morgan fingerprint density at radius 3 is 2.20 bits per heavy atom. The van der Waals surface area contributed by atoms with E-state index in [9.17, 15) is 0 Å². The van der Waals surface area contributed by atoms with Crippen LogP contribution >= 0.6 is 23.2 Å². The first-order valence-electron chi connectivity index (χ1n) is 5.80. The molecular formula is C14H13Cl2NO3. The second-order valence-corrected chi connectivity index (χ2v) is 4.61. The molecule has 106 valence electrons. The SMILES string of the molecule is COc1cccc(OC)c1OCc1ccc(Cl)nc1Cl. The van der Waals surface area contributed by atoms with Gasteiger partial charge in [0, 0.05) is 5.56 Å². The molecule has 0 atom stereocenters. The van der Waals surface area contributed by atoms with Gasteiger partial charge < -0.3 is 14.2 Å². The van der Waals surface area contributed by atoms with Crippen molar-refractivity contribution in [2.24, 2.45) is 0 Å². The van der Waals surface area contributed by atoms with E-state index in [2.05, 4.69) is 4.98 Å². The van der Waals surface area contributed by atoms with Gasteiger partial charge in [-0.1, -0.05) is 29.3 Å². The molecule has 0 amide bonds. The molecule has 0 fully saturated rings. The molecule has 0 aliphatic heterocycles. The predicted molar refractivity (Wildman–Crippen MR) is 78.1 cm³/mol. The molecule has 0 aliphatic carbocycles. The third kappa shape index (κ3) is 3.26. The van der Waals surface area contributed by atoms with Crippen LogP contribution in [0.5, 0.6) is 17.2 Å². The second kappa shape index (κ2) is 6.68. The highest BCUT2D eigenvalue weighted by Gasteiger charge is 2.12. The fourth-order valence-corrected chi connectivity index (χ4v) is 2.06. The molecule has 2 aromatic rings. The van der Waals surface area contributed by atoms with Gasteiger partial charge in [0.15, 0.2) is 11.5 Å². The van der Waals surface area contributed by atoms with Crippen molar-refractivity contribution in [1.29, 1.82) is 0 Å². The standard InChI is InChI=1S/C14H13Cl2NO3/c1-18-10-4-3-5-11(19-2)13(10)20-8-9-6-7-12(15)17-14(9)16/h3-7H,8H2,1-2H3. The highest BCUT2D eigenvalue weighted by atomic mass is 35.5. The molecule has 1 aromatic heterocycles. The van der Waals surface area contributed by atoms with Crippen LogP contribution in [0.25, 0.3) is 0 Å². The molecule has 0 spiro atoms. The Labute approximate surface area is 127 Å². The van der Waals surface area contributed by atoms with Crippen LogP contribution in [-0.4, -0.2) is 19.2 Å². The number of hydrogen-bond acceptors (Lipinski definition) is 4. The van der Waals surface area contributed by atoms with Gasteiger partial charge >= 0.3 is 0 Å². The largest absolute Gasteiger partial charge is 0.493 e. The summed E-state index contributed by atoms with van der Waals surface area (Å²) in [4.78, 5) is 3.96. The fourth-order valence-electron chi connectivity index (χ4n) is 1.66. The lowest BCUT2D eigenvalue weighted by molar-refractivity contribution is 0.265. The monoisotopic (exact) mass is 313 g/mol. The van der Waals surface area contributed by atoms with Gasteiger partial charge in [-0.15, -0.1) is 0 Å². The normalized spacial score (nSPS) is 10.2. The van der Waals surface area contributed by atoms with Crippen molar-refractivity contribution in [3.8, 4) is 17.2 Å². The maximum Gasteiger partial charge on any atom is 0.203 e. The summed E-state index contributed by atoms with van der Waals surface area (Å²) in [5.74, 6) is 1.69. The maximum absolute atomic E-state index is 6.01. The predicted octanol–water partition coefficient (Wildman–Crippen LogP) is 3.98. The minimum Gasteiger partial charge on any atom is -0.493 e. The third-order valence-corrected chi connectivity index (χ3v) is 3.18. The summed E-state index contributed by atoms with van der Waals surface area (Å²) in [6, 6.07) is 8.83. The Morgan fingerprint density at radius 1 is 1.00 bits per heavy atom. The van der Waals surface area contributed by atoms with E-state index in [1.165, 1.54) is 0 Å². The van der Waals surface area contributed by atoms with E-state index in [0.717, 1.165) is 5.56 Å². The van der Waals surface area contributed by atoms with Crippen LogP contribution in [0.15, 0.2) is 30.3 Å². The lowest BCUT2D eigenvalue weighted by Gasteiger charge is -2.14. The van der Waals surface area contributed by atoms with Crippen LogP contribution in [0.2, 0.25) is 10.3 Å². The Balaban J connectivity index is 2.22. The Hall–Kier alpha value is -1.65. The number of pyridine rings is 1. The molecule has 4 nitrogen and oxygen atoms in total. The topological polar surface area (TPSA) is 40.6 Å². The number of methoxy groups -OCH3 is 2. The molecule has 0 aliphatic rings. The molecule has 0 unspecified atom stereocenters. The molecule has 2 rings (SSSR count). The molecule has 6 heteroatoms. The summed E-state index contributed by atoms with van der Waals surface area (Å²) in [7, 11) is 3.14. The van der Waals surface area contributed by atoms with E-state index in [1.807, 2.05) is 6.07 Å². The van der Waals surface area contributed by atoms with Gasteiger partial charge in [0.1, 0.15) is 16.9 Å². The zero-order chi connectivity index (χ0) is 14.5. The minimum absolute atomic E-state index is 0.236. The number of para-hydroxylation sites is 1. The average Bonchev–Trinajstić information content (AvgIpc) is 2.46. The number of nitrogens with zero attached hydrogens (tertiary/aromatic N) is 1. The van der Waals surface area contributed by atoms with E-state index in [1.54, 1.807) is 38.5 Å². The summed E-state index contributed by atoms with van der Waals surface area (Å²) < 4.78 is 16.2. The van der Waals surface area contributed by atoms with Gasteiger partial charge in [-0.3, -0.25) is 0 Å². The smallest absolute Gasteiger partial charge is 0.203 e. The first kappa shape index (κ1) is 14.8. The van der Waals surface area contributed by atoms with E-state index < -0.39 is 0 Å². The Morgan fingerprint density at radius 2 is 1.65 bits per heavy atom. The molecule has 0 N–H and O–H groups in total. The molecule has 0 radical (unpaired) electrons. The summed E-state index contributed by atoms with van der Waals surface area (Å²) in [5, 5.41) is 0.653. The van der Waals surface area contributed by atoms with Crippen LogP contribution in [0.4, 0.5) is 0 Å². The van der Waals surface area contributed by atoms with Gasteiger partial charge in [-0.2, -0.15) is 0 Å². The van der Waals surface area contributed by atoms with Crippen molar-refractivity contribution in [1.82, 2.24) is 4.98 Å². The van der Waals surface area contributed by atoms with Crippen LogP contribution in [0.1, 0.15) is 5.56 Å². The lowest BCUT2D eigenvalue weighted by atomic mass is 10.3. The lowest BCUT2D eigenvalue weighted by Crippen LogP contribution is -2.01. The summed E-state index contributed by atoms with van der Waals surface area (Å²) >= 11 is 11.8. The van der Waals surface area contributed by atoms with Gasteiger partial charge in [-0.25, -0.2) is 4.98 Å². The number of hydrogen-bond donors (Lipinski definition) is 0. The van der Waals surface area contributed by atoms with Gasteiger partial charge in [0.25, 0.3) is 0 Å². The zero-order valence-electron chi connectivity index (χ0n) is 11.0. The number of rotatable bonds is 5. The number of ether oxygens (including phenoxy) is 3. The molecule has 0 saturated carbocycles. The second-order valence-electron chi connectivity index (χ2n) is 3.86. The molecule has 20 heavy (non-hydrogen) atoms. The number of aromatic nitrogens is 1. The Bertz CT molecular complexity index is 583. The molecule has 1 aromatic carbocycles. The third-order valence-electron chi connectivity index (χ3n) is 2.65. The van der Waals surface area contributed by atoms with Gasteiger partial charge in [0.2, 0.25) is 5.75 Å². The minimum atomic E-state index is 0.236. The zero-order valence-corrected chi connectivity index (χ0v) is 12.5.